The van der Waals surface area contributed by atoms with Gasteiger partial charge < -0.3 is 9.64 Å². The van der Waals surface area contributed by atoms with E-state index in [4.69, 9.17) is 16.3 Å². The van der Waals surface area contributed by atoms with Gasteiger partial charge in [0.1, 0.15) is 5.75 Å². The number of hydrogen-bond donors (Lipinski definition) is 0. The highest BCUT2D eigenvalue weighted by atomic mass is 35.5. The zero-order valence-corrected chi connectivity index (χ0v) is 16.3. The van der Waals surface area contributed by atoms with Gasteiger partial charge in [-0.25, -0.2) is 0 Å². The molecule has 4 nitrogen and oxygen atoms in total. The number of benzene rings is 1. The number of ether oxygens (including phenoxy) is 1. The van der Waals surface area contributed by atoms with Gasteiger partial charge in [-0.3, -0.25) is 9.69 Å². The molecule has 0 saturated carbocycles. The van der Waals surface area contributed by atoms with Gasteiger partial charge in [-0.1, -0.05) is 38.4 Å². The van der Waals surface area contributed by atoms with Crippen molar-refractivity contribution < 1.29 is 22.7 Å². The number of fused-ring (bicyclic) bond motifs is 1. The molecule has 8 heteroatoms. The summed E-state index contributed by atoms with van der Waals surface area (Å²) in [5, 5.41) is -0.378. The Hall–Kier alpha value is -1.47. The van der Waals surface area contributed by atoms with Crippen LogP contribution in [0.25, 0.3) is 0 Å². The lowest BCUT2D eigenvalue weighted by atomic mass is 9.83. The minimum Gasteiger partial charge on any atom is -0.492 e. The summed E-state index contributed by atoms with van der Waals surface area (Å²) in [5.41, 5.74) is -0.339. The fraction of sp³-hybridized carbons (Fsp3) is 0.632. The molecule has 2 heterocycles. The summed E-state index contributed by atoms with van der Waals surface area (Å²) in [6.45, 7) is 8.29. The van der Waals surface area contributed by atoms with Crippen molar-refractivity contribution in [3.8, 4) is 5.75 Å². The molecular formula is C19H23ClF3N2O2. The Balaban J connectivity index is 1.92. The van der Waals surface area contributed by atoms with Gasteiger partial charge in [0.15, 0.2) is 0 Å². The van der Waals surface area contributed by atoms with Crippen LogP contribution in [-0.2, 0) is 11.0 Å². The molecule has 27 heavy (non-hydrogen) atoms. The van der Waals surface area contributed by atoms with E-state index in [-0.39, 0.29) is 28.3 Å². The molecule has 1 radical (unpaired) electrons. The first-order chi connectivity index (χ1) is 12.5. The van der Waals surface area contributed by atoms with Crippen molar-refractivity contribution in [2.24, 2.45) is 5.41 Å². The summed E-state index contributed by atoms with van der Waals surface area (Å²) < 4.78 is 44.9. The van der Waals surface area contributed by atoms with Crippen LogP contribution in [-0.4, -0.2) is 48.5 Å². The summed E-state index contributed by atoms with van der Waals surface area (Å²) in [6.07, 6.45) is -1.84. The largest absolute Gasteiger partial charge is 0.492 e. The van der Waals surface area contributed by atoms with Gasteiger partial charge in [-0.15, -0.1) is 0 Å². The van der Waals surface area contributed by atoms with E-state index in [1.54, 1.807) is 4.90 Å². The Morgan fingerprint density at radius 2 is 1.93 bits per heavy atom. The zero-order chi connectivity index (χ0) is 20.0. The summed E-state index contributed by atoms with van der Waals surface area (Å²) in [4.78, 5) is 15.2. The second-order valence-corrected chi connectivity index (χ2v) is 8.54. The average molecular weight is 404 g/mol. The van der Waals surface area contributed by atoms with Gasteiger partial charge in [0, 0.05) is 43.7 Å². The van der Waals surface area contributed by atoms with Crippen molar-refractivity contribution in [1.82, 2.24) is 9.80 Å². The van der Waals surface area contributed by atoms with Gasteiger partial charge in [0.25, 0.3) is 0 Å². The molecular weight excluding hydrogens is 381 g/mol. The van der Waals surface area contributed by atoms with Gasteiger partial charge in [-0.05, 0) is 11.5 Å². The molecule has 149 valence electrons. The van der Waals surface area contributed by atoms with Crippen molar-refractivity contribution in [1.29, 1.82) is 0 Å². The molecule has 1 saturated heterocycles. The van der Waals surface area contributed by atoms with E-state index < -0.39 is 11.7 Å². The molecule has 1 aromatic rings. The van der Waals surface area contributed by atoms with Crippen LogP contribution in [0.15, 0.2) is 12.1 Å². The molecule has 1 amide bonds. The maximum absolute atomic E-state index is 13.1. The van der Waals surface area contributed by atoms with E-state index >= 15 is 0 Å². The molecule has 2 unspecified atom stereocenters. The minimum absolute atomic E-state index is 0.0278. The minimum atomic E-state index is -4.52. The third-order valence-corrected chi connectivity index (χ3v) is 5.77. The average Bonchev–Trinajstić information content (AvgIpc) is 2.59. The second kappa shape index (κ2) is 7.17. The van der Waals surface area contributed by atoms with Gasteiger partial charge in [-0.2, -0.15) is 13.2 Å². The molecule has 1 aromatic carbocycles. The molecule has 0 spiro atoms. The number of alkyl halides is 3. The molecule has 2 atom stereocenters. The first-order valence-electron chi connectivity index (χ1n) is 8.95. The van der Waals surface area contributed by atoms with Crippen molar-refractivity contribution in [2.45, 2.75) is 45.5 Å². The van der Waals surface area contributed by atoms with Crippen molar-refractivity contribution in [3.05, 3.63) is 28.3 Å². The van der Waals surface area contributed by atoms with E-state index in [0.29, 0.717) is 38.2 Å². The smallest absolute Gasteiger partial charge is 0.417 e. The number of rotatable bonds is 2. The fourth-order valence-electron chi connectivity index (χ4n) is 3.94. The van der Waals surface area contributed by atoms with Crippen molar-refractivity contribution in [3.63, 3.8) is 0 Å². The third-order valence-electron chi connectivity index (χ3n) is 5.40. The fourth-order valence-corrected chi connectivity index (χ4v) is 4.28. The van der Waals surface area contributed by atoms with E-state index in [1.807, 2.05) is 6.41 Å². The Bertz CT molecular complexity index is 718. The van der Waals surface area contributed by atoms with Crippen LogP contribution in [0.5, 0.6) is 5.75 Å². The highest BCUT2D eigenvalue weighted by Crippen LogP contribution is 2.46. The summed E-state index contributed by atoms with van der Waals surface area (Å²) >= 11 is 6.04. The topological polar surface area (TPSA) is 32.8 Å². The molecule has 0 bridgehead atoms. The molecule has 0 N–H and O–H groups in total. The number of carbonyl (C=O) groups excluding carboxylic acids is 1. The molecule has 0 aliphatic carbocycles. The Kier molecular flexibility index (Phi) is 5.38. The number of hydrogen-bond acceptors (Lipinski definition) is 3. The lowest BCUT2D eigenvalue weighted by Gasteiger charge is -2.48. The molecule has 0 aromatic heterocycles. The van der Waals surface area contributed by atoms with Crippen molar-refractivity contribution in [2.75, 3.05) is 26.2 Å². The zero-order valence-electron chi connectivity index (χ0n) is 15.6. The maximum Gasteiger partial charge on any atom is 0.417 e. The second-order valence-electron chi connectivity index (χ2n) is 8.16. The normalized spacial score (nSPS) is 24.3. The SMILES string of the molecule is CC(C)(C)C1CN(C2CCOc3c2ccc(C(F)(F)F)c3Cl)CCN1[C]=O. The number of piperazine rings is 1. The molecule has 3 rings (SSSR count). The lowest BCUT2D eigenvalue weighted by molar-refractivity contribution is -0.137. The lowest BCUT2D eigenvalue weighted by Crippen LogP contribution is -2.58. The molecule has 2 aliphatic heterocycles. The van der Waals surface area contributed by atoms with Crippen LogP contribution < -0.4 is 4.74 Å². The first-order valence-corrected chi connectivity index (χ1v) is 9.32. The Labute approximate surface area is 162 Å². The highest BCUT2D eigenvalue weighted by molar-refractivity contribution is 6.33. The Morgan fingerprint density at radius 1 is 1.22 bits per heavy atom. The predicted molar refractivity (Wildman–Crippen MR) is 96.5 cm³/mol. The van der Waals surface area contributed by atoms with Crippen LogP contribution in [0.4, 0.5) is 13.2 Å². The quantitative estimate of drug-likeness (QED) is 0.738. The van der Waals surface area contributed by atoms with E-state index in [2.05, 4.69) is 25.7 Å². The number of nitrogens with zero attached hydrogens (tertiary/aromatic N) is 2. The highest BCUT2D eigenvalue weighted by Gasteiger charge is 2.41. The summed E-state index contributed by atoms with van der Waals surface area (Å²) in [5.74, 6) is 0.124. The van der Waals surface area contributed by atoms with Crippen LogP contribution in [0, 0.1) is 5.41 Å². The van der Waals surface area contributed by atoms with Crippen molar-refractivity contribution >= 4 is 18.0 Å². The summed E-state index contributed by atoms with van der Waals surface area (Å²) in [7, 11) is 0. The van der Waals surface area contributed by atoms with E-state index in [9.17, 15) is 18.0 Å². The standard InChI is InChI=1S/C19H23ClF3N2O2/c1-18(2,3)15-10-24(7-8-25(15)11-26)14-6-9-27-17-12(14)4-5-13(16(17)20)19(21,22)23/h4-5,14-15H,6-10H2,1-3H3. The van der Waals surface area contributed by atoms with Gasteiger partial charge >= 0.3 is 12.6 Å². The monoisotopic (exact) mass is 403 g/mol. The van der Waals surface area contributed by atoms with Crippen LogP contribution >= 0.6 is 11.6 Å². The third kappa shape index (κ3) is 3.90. The summed E-state index contributed by atoms with van der Waals surface area (Å²) in [6, 6.07) is 2.38. The predicted octanol–water partition coefficient (Wildman–Crippen LogP) is 4.28. The van der Waals surface area contributed by atoms with Crippen LogP contribution in [0.2, 0.25) is 5.02 Å². The van der Waals surface area contributed by atoms with E-state index in [1.165, 1.54) is 6.07 Å². The van der Waals surface area contributed by atoms with Gasteiger partial charge in [0.2, 0.25) is 0 Å². The van der Waals surface area contributed by atoms with E-state index in [0.717, 1.165) is 6.07 Å². The number of amides is 1. The Morgan fingerprint density at radius 3 is 2.52 bits per heavy atom. The van der Waals surface area contributed by atoms with Gasteiger partial charge in [0.05, 0.1) is 17.2 Å². The molecule has 2 aliphatic rings. The molecule has 1 fully saturated rings. The first kappa shape index (κ1) is 20.3. The van der Waals surface area contributed by atoms with Crippen LogP contribution in [0.1, 0.15) is 44.4 Å². The maximum atomic E-state index is 13.1. The number of halogens is 4. The van der Waals surface area contributed by atoms with Crippen LogP contribution in [0.3, 0.4) is 0 Å².